The topological polar surface area (TPSA) is 45.1 Å². The monoisotopic (exact) mass is 384 g/mol. The number of hydrogen-bond donors (Lipinski definition) is 1. The van der Waals surface area contributed by atoms with E-state index in [1.54, 1.807) is 11.8 Å². The highest BCUT2D eigenvalue weighted by Crippen LogP contribution is 2.43. The van der Waals surface area contributed by atoms with Gasteiger partial charge >= 0.3 is 0 Å². The number of rotatable bonds is 4. The highest BCUT2D eigenvalue weighted by Gasteiger charge is 2.40. The van der Waals surface area contributed by atoms with Crippen LogP contribution in [-0.2, 0) is 9.59 Å². The van der Waals surface area contributed by atoms with E-state index in [9.17, 15) is 18.4 Å². The summed E-state index contributed by atoms with van der Waals surface area (Å²) in [5.74, 6) is -1.40. The van der Waals surface area contributed by atoms with Crippen LogP contribution in [0.4, 0.5) is 8.78 Å². The summed E-state index contributed by atoms with van der Waals surface area (Å²) in [6.45, 7) is 5.30. The van der Waals surface area contributed by atoms with Crippen LogP contribution in [0.2, 0.25) is 0 Å². The normalized spacial score (nSPS) is 24.4. The Morgan fingerprint density at radius 1 is 1.31 bits per heavy atom. The number of piperazine rings is 1. The number of likely N-dealkylation sites (N-methyl/N-ethyl adjacent to an activating group) is 1. The Balaban J connectivity index is 1.68. The zero-order valence-corrected chi connectivity index (χ0v) is 15.8. The zero-order valence-electron chi connectivity index (χ0n) is 15.0. The van der Waals surface area contributed by atoms with Crippen molar-refractivity contribution in [3.63, 3.8) is 0 Å². The molecule has 0 spiro atoms. The fraction of sp³-hybridized carbons (Fsp3) is 0.556. The van der Waals surface area contributed by atoms with E-state index in [-0.39, 0.29) is 35.6 Å². The van der Waals surface area contributed by atoms with Gasteiger partial charge in [0, 0.05) is 24.6 Å². The van der Waals surface area contributed by atoms with E-state index in [1.807, 2.05) is 4.90 Å². The van der Waals surface area contributed by atoms with Crippen LogP contribution in [0.1, 0.15) is 24.3 Å². The summed E-state index contributed by atoms with van der Waals surface area (Å²) in [4.78, 5) is 29.7. The molecular formula is C18H24F2N3O2S+. The smallest absolute Gasteiger partial charge is 0.236 e. The SMILES string of the molecule is C[C@H]1S[C@H](c2ccc(F)cc2F)N(CCC(=O)N2CC[NH+](C)CC2)C1=O. The van der Waals surface area contributed by atoms with Crippen LogP contribution in [0.3, 0.4) is 0 Å². The first-order valence-corrected chi connectivity index (χ1v) is 9.81. The number of nitrogens with zero attached hydrogens (tertiary/aromatic N) is 2. The number of halogens is 2. The third-order valence-corrected chi connectivity index (χ3v) is 6.39. The molecule has 26 heavy (non-hydrogen) atoms. The van der Waals surface area contributed by atoms with Gasteiger partial charge in [-0.15, -0.1) is 11.8 Å². The Morgan fingerprint density at radius 2 is 2.00 bits per heavy atom. The fourth-order valence-corrected chi connectivity index (χ4v) is 4.69. The Labute approximate surface area is 156 Å². The summed E-state index contributed by atoms with van der Waals surface area (Å²) in [5, 5.41) is -0.838. The van der Waals surface area contributed by atoms with Gasteiger partial charge in [0.05, 0.1) is 38.5 Å². The number of quaternary nitrogens is 1. The third kappa shape index (κ3) is 4.01. The first-order chi connectivity index (χ1) is 12.4. The average Bonchev–Trinajstić information content (AvgIpc) is 2.88. The minimum absolute atomic E-state index is 0.0215. The molecule has 0 aliphatic carbocycles. The fourth-order valence-electron chi connectivity index (χ4n) is 3.36. The van der Waals surface area contributed by atoms with E-state index >= 15 is 0 Å². The zero-order chi connectivity index (χ0) is 18.8. The quantitative estimate of drug-likeness (QED) is 0.830. The van der Waals surface area contributed by atoms with E-state index in [4.69, 9.17) is 0 Å². The number of carbonyl (C=O) groups is 2. The molecule has 5 nitrogen and oxygen atoms in total. The molecule has 2 aliphatic rings. The highest BCUT2D eigenvalue weighted by atomic mass is 32.2. The van der Waals surface area contributed by atoms with Crippen LogP contribution in [0.5, 0.6) is 0 Å². The maximum atomic E-state index is 14.2. The second-order valence-corrected chi connectivity index (χ2v) is 8.34. The highest BCUT2D eigenvalue weighted by molar-refractivity contribution is 8.01. The van der Waals surface area contributed by atoms with Crippen molar-refractivity contribution >= 4 is 23.6 Å². The number of carbonyl (C=O) groups excluding carboxylic acids is 2. The van der Waals surface area contributed by atoms with Crippen LogP contribution in [-0.4, -0.2) is 66.6 Å². The summed E-state index contributed by atoms with van der Waals surface area (Å²) in [5.41, 5.74) is 0.282. The lowest BCUT2D eigenvalue weighted by Gasteiger charge is -2.31. The molecule has 3 rings (SSSR count). The molecule has 0 unspecified atom stereocenters. The van der Waals surface area contributed by atoms with Crippen LogP contribution in [0, 0.1) is 11.6 Å². The summed E-state index contributed by atoms with van der Waals surface area (Å²) < 4.78 is 27.4. The van der Waals surface area contributed by atoms with Gasteiger partial charge in [0.1, 0.15) is 17.0 Å². The average molecular weight is 384 g/mol. The van der Waals surface area contributed by atoms with Crippen molar-refractivity contribution in [2.24, 2.45) is 0 Å². The number of amides is 2. The van der Waals surface area contributed by atoms with E-state index < -0.39 is 17.0 Å². The third-order valence-electron chi connectivity index (χ3n) is 5.01. The molecule has 8 heteroatoms. The molecule has 2 atom stereocenters. The molecule has 142 valence electrons. The summed E-state index contributed by atoms with van der Waals surface area (Å²) in [6.07, 6.45) is 0.220. The number of nitrogens with one attached hydrogen (secondary N) is 1. The second-order valence-electron chi connectivity index (χ2n) is 6.92. The molecule has 0 aromatic heterocycles. The molecule has 2 saturated heterocycles. The molecule has 1 aromatic carbocycles. The summed E-state index contributed by atoms with van der Waals surface area (Å²) in [7, 11) is 2.10. The second kappa shape index (κ2) is 7.92. The van der Waals surface area contributed by atoms with Crippen molar-refractivity contribution in [2.75, 3.05) is 39.8 Å². The Morgan fingerprint density at radius 3 is 2.65 bits per heavy atom. The van der Waals surface area contributed by atoms with Crippen molar-refractivity contribution in [3.05, 3.63) is 35.4 Å². The van der Waals surface area contributed by atoms with Crippen molar-refractivity contribution < 1.29 is 23.3 Å². The van der Waals surface area contributed by atoms with Gasteiger partial charge in [-0.2, -0.15) is 0 Å². The lowest BCUT2D eigenvalue weighted by molar-refractivity contribution is -0.883. The molecule has 0 radical (unpaired) electrons. The van der Waals surface area contributed by atoms with Crippen LogP contribution >= 0.6 is 11.8 Å². The Kier molecular flexibility index (Phi) is 5.82. The van der Waals surface area contributed by atoms with Crippen molar-refractivity contribution in [3.8, 4) is 0 Å². The van der Waals surface area contributed by atoms with Crippen LogP contribution in [0.15, 0.2) is 18.2 Å². The van der Waals surface area contributed by atoms with Crippen LogP contribution in [0.25, 0.3) is 0 Å². The molecule has 2 amide bonds. The van der Waals surface area contributed by atoms with Gasteiger partial charge in [0.15, 0.2) is 0 Å². The van der Waals surface area contributed by atoms with Gasteiger partial charge in [-0.3, -0.25) is 9.59 Å². The molecule has 1 N–H and O–H groups in total. The predicted octanol–water partition coefficient (Wildman–Crippen LogP) is 0.674. The lowest BCUT2D eigenvalue weighted by atomic mass is 10.1. The lowest BCUT2D eigenvalue weighted by Crippen LogP contribution is -3.12. The van der Waals surface area contributed by atoms with Crippen molar-refractivity contribution in [2.45, 2.75) is 24.0 Å². The standard InChI is InChI=1S/C18H23F2N3O2S/c1-12-17(25)23(6-5-16(24)22-9-7-21(2)8-10-22)18(26-12)14-4-3-13(19)11-15(14)20/h3-4,11-12,18H,5-10H2,1-2H3/p+1/t12-,18-/m1/s1. The van der Waals surface area contributed by atoms with Gasteiger partial charge in [-0.1, -0.05) is 6.07 Å². The van der Waals surface area contributed by atoms with Gasteiger partial charge in [0.2, 0.25) is 11.8 Å². The minimum Gasteiger partial charge on any atom is -0.334 e. The van der Waals surface area contributed by atoms with E-state index in [0.29, 0.717) is 0 Å². The van der Waals surface area contributed by atoms with E-state index in [0.717, 1.165) is 32.2 Å². The molecule has 0 saturated carbocycles. The summed E-state index contributed by atoms with van der Waals surface area (Å²) in [6, 6.07) is 3.41. The predicted molar refractivity (Wildman–Crippen MR) is 95.7 cm³/mol. The Hall–Kier alpha value is -1.67. The van der Waals surface area contributed by atoms with Gasteiger partial charge in [-0.05, 0) is 13.0 Å². The number of hydrogen-bond acceptors (Lipinski definition) is 3. The Bertz CT molecular complexity index is 695. The van der Waals surface area contributed by atoms with Crippen LogP contribution < -0.4 is 4.90 Å². The molecule has 2 heterocycles. The van der Waals surface area contributed by atoms with Crippen molar-refractivity contribution in [1.29, 1.82) is 0 Å². The van der Waals surface area contributed by atoms with Gasteiger partial charge < -0.3 is 14.7 Å². The largest absolute Gasteiger partial charge is 0.334 e. The van der Waals surface area contributed by atoms with Crippen molar-refractivity contribution in [1.82, 2.24) is 9.80 Å². The van der Waals surface area contributed by atoms with E-state index in [2.05, 4.69) is 7.05 Å². The van der Waals surface area contributed by atoms with E-state index in [1.165, 1.54) is 28.8 Å². The maximum Gasteiger partial charge on any atom is 0.236 e. The summed E-state index contributed by atoms with van der Waals surface area (Å²) >= 11 is 1.33. The molecule has 0 bridgehead atoms. The first-order valence-electron chi connectivity index (χ1n) is 8.87. The number of benzene rings is 1. The van der Waals surface area contributed by atoms with Gasteiger partial charge in [-0.25, -0.2) is 8.78 Å². The number of thioether (sulfide) groups is 1. The molecule has 2 fully saturated rings. The van der Waals surface area contributed by atoms with Gasteiger partial charge in [0.25, 0.3) is 0 Å². The molecular weight excluding hydrogens is 360 g/mol. The maximum absolute atomic E-state index is 14.2. The first kappa shape index (κ1) is 19.1. The molecule has 2 aliphatic heterocycles. The minimum atomic E-state index is -0.664. The molecule has 1 aromatic rings.